The van der Waals surface area contributed by atoms with Crippen LogP contribution in [0.25, 0.3) is 11.4 Å². The van der Waals surface area contributed by atoms with E-state index in [2.05, 4.69) is 35.0 Å². The van der Waals surface area contributed by atoms with Gasteiger partial charge in [-0.1, -0.05) is 0 Å². The fourth-order valence-corrected chi connectivity index (χ4v) is 2.51. The Kier molecular flexibility index (Phi) is 2.70. The van der Waals surface area contributed by atoms with Crippen molar-refractivity contribution in [2.75, 3.05) is 6.54 Å². The summed E-state index contributed by atoms with van der Waals surface area (Å²) >= 11 is 0. The van der Waals surface area contributed by atoms with Crippen LogP contribution < -0.4 is 5.32 Å². The SMILES string of the molecule is CC(C)n1nc2c(c1-c1ccn(C)n1)CNCC2. The first-order valence-corrected chi connectivity index (χ1v) is 6.48. The average molecular weight is 245 g/mol. The number of fused-ring (bicyclic) bond motifs is 1. The average Bonchev–Trinajstić information content (AvgIpc) is 2.92. The first-order valence-electron chi connectivity index (χ1n) is 6.48. The normalized spacial score (nSPS) is 15.1. The minimum Gasteiger partial charge on any atom is -0.312 e. The molecule has 5 heteroatoms. The van der Waals surface area contributed by atoms with Crippen molar-refractivity contribution in [2.45, 2.75) is 32.9 Å². The van der Waals surface area contributed by atoms with Gasteiger partial charge in [0.25, 0.3) is 0 Å². The summed E-state index contributed by atoms with van der Waals surface area (Å²) in [7, 11) is 1.95. The largest absolute Gasteiger partial charge is 0.312 e. The maximum absolute atomic E-state index is 4.76. The van der Waals surface area contributed by atoms with Crippen molar-refractivity contribution in [3.8, 4) is 11.4 Å². The third kappa shape index (κ3) is 1.75. The summed E-state index contributed by atoms with van der Waals surface area (Å²) in [4.78, 5) is 0. The first kappa shape index (κ1) is 11.5. The minimum absolute atomic E-state index is 0.354. The van der Waals surface area contributed by atoms with Crippen LogP contribution >= 0.6 is 0 Å². The summed E-state index contributed by atoms with van der Waals surface area (Å²) in [6, 6.07) is 2.41. The number of aromatic nitrogens is 4. The van der Waals surface area contributed by atoms with Gasteiger partial charge in [0.2, 0.25) is 0 Å². The van der Waals surface area contributed by atoms with Crippen LogP contribution in [0.5, 0.6) is 0 Å². The second-order valence-electron chi connectivity index (χ2n) is 5.11. The summed E-state index contributed by atoms with van der Waals surface area (Å²) in [6.07, 6.45) is 2.99. The van der Waals surface area contributed by atoms with Crippen molar-refractivity contribution in [1.82, 2.24) is 24.9 Å². The molecule has 3 heterocycles. The lowest BCUT2D eigenvalue weighted by Gasteiger charge is -2.13. The molecule has 1 N–H and O–H groups in total. The van der Waals surface area contributed by atoms with E-state index in [-0.39, 0.29) is 0 Å². The molecular formula is C13H19N5. The maximum Gasteiger partial charge on any atom is 0.111 e. The molecule has 1 aliphatic heterocycles. The van der Waals surface area contributed by atoms with Gasteiger partial charge in [-0.15, -0.1) is 0 Å². The van der Waals surface area contributed by atoms with Crippen molar-refractivity contribution in [3.63, 3.8) is 0 Å². The van der Waals surface area contributed by atoms with Crippen molar-refractivity contribution >= 4 is 0 Å². The number of rotatable bonds is 2. The highest BCUT2D eigenvalue weighted by Gasteiger charge is 2.23. The Morgan fingerprint density at radius 2 is 2.17 bits per heavy atom. The Balaban J connectivity index is 2.19. The van der Waals surface area contributed by atoms with Gasteiger partial charge in [-0.3, -0.25) is 9.36 Å². The quantitative estimate of drug-likeness (QED) is 0.872. The third-order valence-electron chi connectivity index (χ3n) is 3.38. The standard InChI is InChI=1S/C13H19N5/c1-9(2)18-13(12-5-7-17(3)15-12)10-8-14-6-4-11(10)16-18/h5,7,9,14H,4,6,8H2,1-3H3. The van der Waals surface area contributed by atoms with Crippen LogP contribution in [0.4, 0.5) is 0 Å². The van der Waals surface area contributed by atoms with Gasteiger partial charge in [0, 0.05) is 44.4 Å². The molecule has 18 heavy (non-hydrogen) atoms. The van der Waals surface area contributed by atoms with E-state index >= 15 is 0 Å². The lowest BCUT2D eigenvalue weighted by molar-refractivity contribution is 0.529. The third-order valence-corrected chi connectivity index (χ3v) is 3.38. The summed E-state index contributed by atoms with van der Waals surface area (Å²) in [5.41, 5.74) is 4.73. The van der Waals surface area contributed by atoms with E-state index in [0.29, 0.717) is 6.04 Å². The van der Waals surface area contributed by atoms with Gasteiger partial charge in [0.15, 0.2) is 0 Å². The Labute approximate surface area is 107 Å². The number of aryl methyl sites for hydroxylation is 1. The van der Waals surface area contributed by atoms with E-state index in [1.54, 1.807) is 0 Å². The molecule has 0 fully saturated rings. The van der Waals surface area contributed by atoms with Crippen LogP contribution in [0, 0.1) is 0 Å². The first-order chi connectivity index (χ1) is 8.66. The number of nitrogens with zero attached hydrogens (tertiary/aromatic N) is 4. The fourth-order valence-electron chi connectivity index (χ4n) is 2.51. The molecule has 0 radical (unpaired) electrons. The van der Waals surface area contributed by atoms with Gasteiger partial charge >= 0.3 is 0 Å². The Bertz CT molecular complexity index is 564. The molecule has 1 aliphatic rings. The zero-order chi connectivity index (χ0) is 12.7. The van der Waals surface area contributed by atoms with Crippen molar-refractivity contribution in [3.05, 3.63) is 23.5 Å². The topological polar surface area (TPSA) is 47.7 Å². The molecule has 0 saturated heterocycles. The molecule has 3 rings (SSSR count). The second kappa shape index (κ2) is 4.24. The molecule has 96 valence electrons. The van der Waals surface area contributed by atoms with Gasteiger partial charge in [-0.05, 0) is 19.9 Å². The van der Waals surface area contributed by atoms with E-state index in [4.69, 9.17) is 5.10 Å². The summed E-state index contributed by atoms with van der Waals surface area (Å²) in [5.74, 6) is 0. The molecule has 0 amide bonds. The summed E-state index contributed by atoms with van der Waals surface area (Å²) in [6.45, 7) is 6.24. The second-order valence-corrected chi connectivity index (χ2v) is 5.11. The van der Waals surface area contributed by atoms with Gasteiger partial charge in [0.1, 0.15) is 5.69 Å². The van der Waals surface area contributed by atoms with Crippen LogP contribution in [-0.2, 0) is 20.0 Å². The molecule has 0 spiro atoms. The smallest absolute Gasteiger partial charge is 0.111 e. The molecule has 2 aromatic heterocycles. The van der Waals surface area contributed by atoms with Crippen molar-refractivity contribution in [2.24, 2.45) is 7.05 Å². The van der Waals surface area contributed by atoms with Gasteiger partial charge < -0.3 is 5.32 Å². The molecule has 0 aromatic carbocycles. The van der Waals surface area contributed by atoms with E-state index in [9.17, 15) is 0 Å². The van der Waals surface area contributed by atoms with Crippen LogP contribution in [0.3, 0.4) is 0 Å². The van der Waals surface area contributed by atoms with Crippen LogP contribution in [-0.4, -0.2) is 26.1 Å². The molecular weight excluding hydrogens is 226 g/mol. The number of hydrogen-bond acceptors (Lipinski definition) is 3. The molecule has 0 saturated carbocycles. The summed E-state index contributed by atoms with van der Waals surface area (Å²) in [5, 5.41) is 12.7. The Morgan fingerprint density at radius 3 is 2.83 bits per heavy atom. The molecule has 0 unspecified atom stereocenters. The van der Waals surface area contributed by atoms with E-state index in [1.165, 1.54) is 17.0 Å². The number of hydrogen-bond donors (Lipinski definition) is 1. The molecule has 0 bridgehead atoms. The molecule has 5 nitrogen and oxygen atoms in total. The van der Waals surface area contributed by atoms with Gasteiger partial charge in [-0.25, -0.2) is 0 Å². The maximum atomic E-state index is 4.76. The monoisotopic (exact) mass is 245 g/mol. The Morgan fingerprint density at radius 1 is 1.33 bits per heavy atom. The van der Waals surface area contributed by atoms with E-state index in [1.807, 2.05) is 17.9 Å². The predicted molar refractivity (Wildman–Crippen MR) is 70.2 cm³/mol. The lowest BCUT2D eigenvalue weighted by atomic mass is 10.1. The molecule has 2 aromatic rings. The highest BCUT2D eigenvalue weighted by molar-refractivity contribution is 5.61. The summed E-state index contributed by atoms with van der Waals surface area (Å²) < 4.78 is 3.95. The fraction of sp³-hybridized carbons (Fsp3) is 0.538. The highest BCUT2D eigenvalue weighted by Crippen LogP contribution is 2.29. The number of nitrogens with one attached hydrogen (secondary N) is 1. The van der Waals surface area contributed by atoms with E-state index in [0.717, 1.165) is 25.2 Å². The molecule has 0 atom stereocenters. The minimum atomic E-state index is 0.354. The van der Waals surface area contributed by atoms with Crippen LogP contribution in [0.2, 0.25) is 0 Å². The van der Waals surface area contributed by atoms with Crippen molar-refractivity contribution in [1.29, 1.82) is 0 Å². The lowest BCUT2D eigenvalue weighted by Crippen LogP contribution is -2.23. The zero-order valence-corrected chi connectivity index (χ0v) is 11.1. The van der Waals surface area contributed by atoms with Crippen LogP contribution in [0.1, 0.15) is 31.1 Å². The van der Waals surface area contributed by atoms with Gasteiger partial charge in [0.05, 0.1) is 11.4 Å². The Hall–Kier alpha value is -1.62. The van der Waals surface area contributed by atoms with Crippen LogP contribution in [0.15, 0.2) is 12.3 Å². The zero-order valence-electron chi connectivity index (χ0n) is 11.1. The van der Waals surface area contributed by atoms with Gasteiger partial charge in [-0.2, -0.15) is 10.2 Å². The van der Waals surface area contributed by atoms with Crippen molar-refractivity contribution < 1.29 is 0 Å². The van der Waals surface area contributed by atoms with E-state index < -0.39 is 0 Å². The predicted octanol–water partition coefficient (Wildman–Crippen LogP) is 1.51. The molecule has 0 aliphatic carbocycles. The highest BCUT2D eigenvalue weighted by atomic mass is 15.3.